The Kier molecular flexibility index (Phi) is 7.31. The summed E-state index contributed by atoms with van der Waals surface area (Å²) in [7, 11) is -1.17. The SMILES string of the molecule is CCOC(=O)C(=O)CC(=O)c1ccnn1COCC[Si](C)(C)C. The van der Waals surface area contributed by atoms with E-state index < -0.39 is 32.0 Å². The van der Waals surface area contributed by atoms with Crippen LogP contribution in [-0.4, -0.2) is 48.6 Å². The van der Waals surface area contributed by atoms with E-state index in [0.717, 1.165) is 6.04 Å². The average Bonchev–Trinajstić information content (AvgIpc) is 2.91. The van der Waals surface area contributed by atoms with Crippen LogP contribution in [0.2, 0.25) is 25.7 Å². The number of esters is 1. The second-order valence-electron chi connectivity index (χ2n) is 6.31. The molecular weight excluding hydrogens is 316 g/mol. The summed E-state index contributed by atoms with van der Waals surface area (Å²) in [5.74, 6) is -2.32. The molecule has 0 aliphatic rings. The van der Waals surface area contributed by atoms with Crippen LogP contribution in [0.25, 0.3) is 0 Å². The van der Waals surface area contributed by atoms with Crippen LogP contribution in [0.15, 0.2) is 12.3 Å². The third-order valence-electron chi connectivity index (χ3n) is 3.04. The van der Waals surface area contributed by atoms with Gasteiger partial charge in [-0.15, -0.1) is 0 Å². The monoisotopic (exact) mass is 340 g/mol. The number of carbonyl (C=O) groups is 3. The number of ketones is 2. The summed E-state index contributed by atoms with van der Waals surface area (Å²) in [5.41, 5.74) is 0.246. The zero-order valence-corrected chi connectivity index (χ0v) is 15.1. The van der Waals surface area contributed by atoms with E-state index in [4.69, 9.17) is 4.74 Å². The molecule has 0 unspecified atom stereocenters. The predicted octanol–water partition coefficient (Wildman–Crippen LogP) is 1.90. The van der Waals surface area contributed by atoms with E-state index in [9.17, 15) is 14.4 Å². The fraction of sp³-hybridized carbons (Fsp3) is 0.600. The van der Waals surface area contributed by atoms with Gasteiger partial charge in [-0.1, -0.05) is 19.6 Å². The second kappa shape index (κ2) is 8.73. The summed E-state index contributed by atoms with van der Waals surface area (Å²) in [5, 5.41) is 4.01. The molecule has 1 heterocycles. The average molecular weight is 340 g/mol. The number of rotatable bonds is 10. The molecule has 0 saturated carbocycles. The maximum atomic E-state index is 12.1. The third kappa shape index (κ3) is 6.87. The van der Waals surface area contributed by atoms with Gasteiger partial charge in [0.1, 0.15) is 12.4 Å². The molecule has 128 valence electrons. The number of ether oxygens (including phenoxy) is 2. The highest BCUT2D eigenvalue weighted by Crippen LogP contribution is 2.09. The van der Waals surface area contributed by atoms with Gasteiger partial charge in [0.05, 0.1) is 13.0 Å². The van der Waals surface area contributed by atoms with E-state index in [1.54, 1.807) is 6.92 Å². The summed E-state index contributed by atoms with van der Waals surface area (Å²) in [6.07, 6.45) is 0.934. The van der Waals surface area contributed by atoms with Crippen molar-refractivity contribution in [2.45, 2.75) is 45.8 Å². The van der Waals surface area contributed by atoms with E-state index in [2.05, 4.69) is 29.5 Å². The second-order valence-corrected chi connectivity index (χ2v) is 11.9. The quantitative estimate of drug-likeness (QED) is 0.161. The Labute approximate surface area is 137 Å². The molecule has 7 nitrogen and oxygen atoms in total. The van der Waals surface area contributed by atoms with Crippen molar-refractivity contribution < 1.29 is 23.9 Å². The minimum Gasteiger partial charge on any atom is -0.460 e. The molecular formula is C15H24N2O5Si. The Morgan fingerprint density at radius 1 is 1.26 bits per heavy atom. The largest absolute Gasteiger partial charge is 0.460 e. The Morgan fingerprint density at radius 2 is 1.96 bits per heavy atom. The van der Waals surface area contributed by atoms with Crippen LogP contribution in [0.1, 0.15) is 23.8 Å². The molecule has 0 aliphatic heterocycles. The van der Waals surface area contributed by atoms with Crippen molar-refractivity contribution in [1.82, 2.24) is 9.78 Å². The predicted molar refractivity (Wildman–Crippen MR) is 86.9 cm³/mol. The molecule has 1 aromatic heterocycles. The number of nitrogens with zero attached hydrogens (tertiary/aromatic N) is 2. The van der Waals surface area contributed by atoms with Crippen molar-refractivity contribution in [3.63, 3.8) is 0 Å². The van der Waals surface area contributed by atoms with Crippen molar-refractivity contribution >= 4 is 25.6 Å². The molecule has 0 atom stereocenters. The van der Waals surface area contributed by atoms with E-state index in [1.165, 1.54) is 16.9 Å². The van der Waals surface area contributed by atoms with Gasteiger partial charge in [-0.25, -0.2) is 9.48 Å². The Hall–Kier alpha value is -1.80. The van der Waals surface area contributed by atoms with E-state index in [0.29, 0.717) is 6.61 Å². The van der Waals surface area contributed by atoms with Crippen molar-refractivity contribution in [3.05, 3.63) is 18.0 Å². The molecule has 8 heteroatoms. The van der Waals surface area contributed by atoms with Crippen LogP contribution < -0.4 is 0 Å². The van der Waals surface area contributed by atoms with Crippen LogP contribution in [0.3, 0.4) is 0 Å². The van der Waals surface area contributed by atoms with Gasteiger partial charge in [-0.3, -0.25) is 9.59 Å². The Morgan fingerprint density at radius 3 is 2.57 bits per heavy atom. The van der Waals surface area contributed by atoms with E-state index in [-0.39, 0.29) is 19.0 Å². The highest BCUT2D eigenvalue weighted by atomic mass is 28.3. The van der Waals surface area contributed by atoms with E-state index in [1.807, 2.05) is 0 Å². The van der Waals surface area contributed by atoms with Crippen molar-refractivity contribution in [2.24, 2.45) is 0 Å². The van der Waals surface area contributed by atoms with Gasteiger partial charge in [0.25, 0.3) is 0 Å². The fourth-order valence-corrected chi connectivity index (χ4v) is 2.48. The van der Waals surface area contributed by atoms with Crippen LogP contribution in [0.4, 0.5) is 0 Å². The number of aromatic nitrogens is 2. The molecule has 0 spiro atoms. The number of carbonyl (C=O) groups excluding carboxylic acids is 3. The van der Waals surface area contributed by atoms with Gasteiger partial charge in [-0.2, -0.15) is 5.10 Å². The standard InChI is InChI=1S/C15H24N2O5Si/c1-5-22-15(20)14(19)10-13(18)12-6-7-16-17(12)11-21-8-9-23(2,3)4/h6-7H,5,8-11H2,1-4H3. The summed E-state index contributed by atoms with van der Waals surface area (Å²) < 4.78 is 11.5. The fourth-order valence-electron chi connectivity index (χ4n) is 1.72. The number of hydrogen-bond acceptors (Lipinski definition) is 6. The number of Topliss-reactive ketones (excluding diaryl/α,β-unsaturated/α-hetero) is 2. The summed E-state index contributed by atoms with van der Waals surface area (Å²) >= 11 is 0. The lowest BCUT2D eigenvalue weighted by molar-refractivity contribution is -0.153. The van der Waals surface area contributed by atoms with Crippen LogP contribution >= 0.6 is 0 Å². The first-order valence-electron chi connectivity index (χ1n) is 7.57. The molecule has 0 bridgehead atoms. The highest BCUT2D eigenvalue weighted by molar-refractivity contribution is 6.76. The normalized spacial score (nSPS) is 11.3. The van der Waals surface area contributed by atoms with Gasteiger partial charge in [0, 0.05) is 20.9 Å². The molecule has 0 N–H and O–H groups in total. The lowest BCUT2D eigenvalue weighted by Gasteiger charge is -2.15. The highest BCUT2D eigenvalue weighted by Gasteiger charge is 2.22. The maximum absolute atomic E-state index is 12.1. The topological polar surface area (TPSA) is 87.5 Å². The Balaban J connectivity index is 2.55. The van der Waals surface area contributed by atoms with Crippen molar-refractivity contribution in [2.75, 3.05) is 13.2 Å². The minimum atomic E-state index is -1.17. The summed E-state index contributed by atoms with van der Waals surface area (Å²) in [6, 6.07) is 2.52. The van der Waals surface area contributed by atoms with Gasteiger partial charge in [-0.05, 0) is 19.0 Å². The Bertz CT molecular complexity index is 562. The molecule has 23 heavy (non-hydrogen) atoms. The summed E-state index contributed by atoms with van der Waals surface area (Å²) in [4.78, 5) is 34.9. The molecule has 0 aromatic carbocycles. The molecule has 1 aromatic rings. The van der Waals surface area contributed by atoms with Gasteiger partial charge in [0.2, 0.25) is 5.78 Å². The zero-order chi connectivity index (χ0) is 17.5. The van der Waals surface area contributed by atoms with Gasteiger partial charge >= 0.3 is 5.97 Å². The molecule has 0 radical (unpaired) electrons. The molecule has 0 amide bonds. The van der Waals surface area contributed by atoms with Gasteiger partial charge < -0.3 is 9.47 Å². The summed E-state index contributed by atoms with van der Waals surface area (Å²) in [6.45, 7) is 9.19. The lowest BCUT2D eigenvalue weighted by atomic mass is 10.1. The third-order valence-corrected chi connectivity index (χ3v) is 4.74. The van der Waals surface area contributed by atoms with Crippen molar-refractivity contribution in [3.8, 4) is 0 Å². The van der Waals surface area contributed by atoms with Crippen molar-refractivity contribution in [1.29, 1.82) is 0 Å². The molecule has 0 aliphatic carbocycles. The first kappa shape index (κ1) is 19.2. The first-order valence-corrected chi connectivity index (χ1v) is 11.3. The van der Waals surface area contributed by atoms with Crippen LogP contribution in [0, 0.1) is 0 Å². The zero-order valence-electron chi connectivity index (χ0n) is 14.1. The molecule has 0 saturated heterocycles. The van der Waals surface area contributed by atoms with Crippen LogP contribution in [-0.2, 0) is 25.8 Å². The minimum absolute atomic E-state index is 0.0988. The maximum Gasteiger partial charge on any atom is 0.375 e. The lowest BCUT2D eigenvalue weighted by Crippen LogP contribution is -2.24. The van der Waals surface area contributed by atoms with Crippen LogP contribution in [0.5, 0.6) is 0 Å². The molecule has 0 fully saturated rings. The molecule has 1 rings (SSSR count). The number of hydrogen-bond donors (Lipinski definition) is 0. The first-order chi connectivity index (χ1) is 10.7. The van der Waals surface area contributed by atoms with Gasteiger partial charge in [0.15, 0.2) is 5.78 Å². The van der Waals surface area contributed by atoms with E-state index >= 15 is 0 Å². The smallest absolute Gasteiger partial charge is 0.375 e.